The minimum absolute atomic E-state index is 0.0226. The maximum absolute atomic E-state index is 12.3. The minimum Gasteiger partial charge on any atom is -0.358 e. The van der Waals surface area contributed by atoms with Crippen LogP contribution in [0.15, 0.2) is 6.07 Å². The predicted molar refractivity (Wildman–Crippen MR) is 48.7 cm³/mol. The Labute approximate surface area is 88.0 Å². The van der Waals surface area contributed by atoms with Gasteiger partial charge in [-0.3, -0.25) is 0 Å². The summed E-state index contributed by atoms with van der Waals surface area (Å²) in [5.41, 5.74) is 4.41. The summed E-state index contributed by atoms with van der Waals surface area (Å²) in [7, 11) is 0. The zero-order valence-electron chi connectivity index (χ0n) is 7.28. The highest BCUT2D eigenvalue weighted by Gasteiger charge is 2.25. The van der Waals surface area contributed by atoms with Crippen molar-refractivity contribution < 1.29 is 13.7 Å². The Morgan fingerprint density at radius 1 is 1.67 bits per heavy atom. The Morgan fingerprint density at radius 2 is 2.27 bits per heavy atom. The van der Waals surface area contributed by atoms with Gasteiger partial charge >= 0.3 is 12.2 Å². The highest BCUT2D eigenvalue weighted by Crippen LogP contribution is 2.29. The van der Waals surface area contributed by atoms with Gasteiger partial charge in [-0.25, -0.2) is 8.78 Å². The molecule has 1 rings (SSSR count). The van der Waals surface area contributed by atoms with Crippen molar-refractivity contribution in [3.8, 4) is 0 Å². The highest BCUT2D eigenvalue weighted by molar-refractivity contribution is 6.31. The maximum Gasteiger partial charge on any atom is 0.368 e. The van der Waals surface area contributed by atoms with Crippen LogP contribution in [0.2, 0.25) is 5.02 Å². The van der Waals surface area contributed by atoms with Gasteiger partial charge in [-0.15, -0.1) is 0 Å². The topological polar surface area (TPSA) is 82.0 Å². The van der Waals surface area contributed by atoms with Gasteiger partial charge in [-0.1, -0.05) is 11.6 Å². The Bertz CT molecular complexity index is 400. The Balaban J connectivity index is 3.37. The average molecular weight is 238 g/mol. The molecule has 0 saturated carbocycles. The third kappa shape index (κ3) is 2.37. The van der Waals surface area contributed by atoms with E-state index < -0.39 is 22.9 Å². The standard InChI is InChI=1S/C7H6ClF2N3O2/c8-4-1-3(2-11)7(13(14)15)12-5(4)6(9)10/h1,6H,2,11H2. The van der Waals surface area contributed by atoms with E-state index in [1.807, 2.05) is 0 Å². The van der Waals surface area contributed by atoms with Crippen LogP contribution in [-0.4, -0.2) is 9.91 Å². The van der Waals surface area contributed by atoms with E-state index in [0.717, 1.165) is 6.07 Å². The smallest absolute Gasteiger partial charge is 0.358 e. The van der Waals surface area contributed by atoms with Crippen molar-refractivity contribution in [2.24, 2.45) is 5.73 Å². The van der Waals surface area contributed by atoms with Gasteiger partial charge in [0.05, 0.1) is 10.6 Å². The molecule has 8 heteroatoms. The van der Waals surface area contributed by atoms with Gasteiger partial charge in [0.15, 0.2) is 0 Å². The molecule has 15 heavy (non-hydrogen) atoms. The Kier molecular flexibility index (Phi) is 3.48. The first-order chi connectivity index (χ1) is 6.97. The number of hydrogen-bond acceptors (Lipinski definition) is 4. The van der Waals surface area contributed by atoms with Crippen molar-refractivity contribution in [3.05, 3.63) is 32.5 Å². The van der Waals surface area contributed by atoms with Crippen LogP contribution >= 0.6 is 11.6 Å². The molecule has 1 aromatic heterocycles. The number of alkyl halides is 2. The molecular weight excluding hydrogens is 232 g/mol. The van der Waals surface area contributed by atoms with Crippen LogP contribution in [0.25, 0.3) is 0 Å². The molecule has 0 aliphatic heterocycles. The van der Waals surface area contributed by atoms with E-state index in [9.17, 15) is 18.9 Å². The van der Waals surface area contributed by atoms with Gasteiger partial charge in [0, 0.05) is 6.54 Å². The van der Waals surface area contributed by atoms with Gasteiger partial charge in [-0.2, -0.15) is 0 Å². The number of aromatic nitrogens is 1. The molecule has 0 fully saturated rings. The molecule has 0 spiro atoms. The molecule has 5 nitrogen and oxygen atoms in total. The summed E-state index contributed by atoms with van der Waals surface area (Å²) >= 11 is 5.46. The molecule has 0 aliphatic rings. The molecule has 82 valence electrons. The second kappa shape index (κ2) is 4.45. The summed E-state index contributed by atoms with van der Waals surface area (Å²) < 4.78 is 24.6. The number of pyridine rings is 1. The van der Waals surface area contributed by atoms with Gasteiger partial charge in [0.2, 0.25) is 5.69 Å². The fourth-order valence-corrected chi connectivity index (χ4v) is 1.25. The fourth-order valence-electron chi connectivity index (χ4n) is 0.992. The van der Waals surface area contributed by atoms with Crippen molar-refractivity contribution in [3.63, 3.8) is 0 Å². The second-order valence-electron chi connectivity index (χ2n) is 2.60. The lowest BCUT2D eigenvalue weighted by Gasteiger charge is -2.02. The van der Waals surface area contributed by atoms with Crippen LogP contribution in [0.3, 0.4) is 0 Å². The third-order valence-corrected chi connectivity index (χ3v) is 1.96. The monoisotopic (exact) mass is 237 g/mol. The Morgan fingerprint density at radius 3 is 2.67 bits per heavy atom. The maximum atomic E-state index is 12.3. The van der Waals surface area contributed by atoms with Gasteiger partial charge in [0.1, 0.15) is 0 Å². The first-order valence-electron chi connectivity index (χ1n) is 3.79. The van der Waals surface area contributed by atoms with Crippen molar-refractivity contribution in [1.29, 1.82) is 0 Å². The van der Waals surface area contributed by atoms with Crippen LogP contribution in [-0.2, 0) is 6.54 Å². The summed E-state index contributed by atoms with van der Waals surface area (Å²) in [5.74, 6) is -0.683. The van der Waals surface area contributed by atoms with Crippen LogP contribution in [0, 0.1) is 10.1 Å². The van der Waals surface area contributed by atoms with E-state index in [4.69, 9.17) is 17.3 Å². The number of nitrogens with zero attached hydrogens (tertiary/aromatic N) is 2. The first-order valence-corrected chi connectivity index (χ1v) is 4.17. The second-order valence-corrected chi connectivity index (χ2v) is 3.01. The van der Waals surface area contributed by atoms with Crippen molar-refractivity contribution in [1.82, 2.24) is 4.98 Å². The van der Waals surface area contributed by atoms with E-state index in [-0.39, 0.29) is 17.1 Å². The molecule has 0 bridgehead atoms. The Hall–Kier alpha value is -1.34. The molecular formula is C7H6ClF2N3O2. The summed E-state index contributed by atoms with van der Waals surface area (Å²) in [6.07, 6.45) is -2.96. The lowest BCUT2D eigenvalue weighted by atomic mass is 10.2. The fraction of sp³-hybridized carbons (Fsp3) is 0.286. The summed E-state index contributed by atoms with van der Waals surface area (Å²) in [4.78, 5) is 12.8. The molecule has 2 N–H and O–H groups in total. The molecule has 1 heterocycles. The van der Waals surface area contributed by atoms with Crippen molar-refractivity contribution >= 4 is 17.4 Å². The molecule has 0 unspecified atom stereocenters. The quantitative estimate of drug-likeness (QED) is 0.644. The minimum atomic E-state index is -2.96. The molecule has 0 aliphatic carbocycles. The van der Waals surface area contributed by atoms with E-state index in [1.54, 1.807) is 0 Å². The lowest BCUT2D eigenvalue weighted by molar-refractivity contribution is -0.390. The molecule has 1 aromatic rings. The van der Waals surface area contributed by atoms with Crippen molar-refractivity contribution in [2.45, 2.75) is 13.0 Å². The number of nitrogens with two attached hydrogens (primary N) is 1. The van der Waals surface area contributed by atoms with Crippen molar-refractivity contribution in [2.75, 3.05) is 0 Å². The van der Waals surface area contributed by atoms with E-state index >= 15 is 0 Å². The van der Waals surface area contributed by atoms with Crippen LogP contribution in [0.4, 0.5) is 14.6 Å². The molecule has 0 aromatic carbocycles. The molecule has 0 saturated heterocycles. The highest BCUT2D eigenvalue weighted by atomic mass is 35.5. The molecule has 0 atom stereocenters. The average Bonchev–Trinajstić information content (AvgIpc) is 2.16. The zero-order chi connectivity index (χ0) is 11.6. The van der Waals surface area contributed by atoms with Gasteiger partial charge in [0.25, 0.3) is 0 Å². The van der Waals surface area contributed by atoms with Crippen LogP contribution in [0.1, 0.15) is 17.7 Å². The van der Waals surface area contributed by atoms with Crippen LogP contribution < -0.4 is 5.73 Å². The lowest BCUT2D eigenvalue weighted by Crippen LogP contribution is -2.06. The molecule has 0 radical (unpaired) electrons. The number of nitro groups is 1. The van der Waals surface area contributed by atoms with E-state index in [0.29, 0.717) is 0 Å². The number of hydrogen-bond donors (Lipinski definition) is 1. The largest absolute Gasteiger partial charge is 0.368 e. The van der Waals surface area contributed by atoms with E-state index in [2.05, 4.69) is 4.98 Å². The third-order valence-electron chi connectivity index (χ3n) is 1.66. The van der Waals surface area contributed by atoms with E-state index in [1.165, 1.54) is 0 Å². The first kappa shape index (κ1) is 11.7. The number of halogens is 3. The zero-order valence-corrected chi connectivity index (χ0v) is 8.04. The SMILES string of the molecule is NCc1cc(Cl)c(C(F)F)nc1[N+](=O)[O-]. The van der Waals surface area contributed by atoms with Gasteiger partial charge in [-0.05, 0) is 16.0 Å². The molecule has 0 amide bonds. The number of rotatable bonds is 3. The summed E-state index contributed by atoms with van der Waals surface area (Å²) in [5, 5.41) is 10.1. The normalized spacial score (nSPS) is 10.7. The summed E-state index contributed by atoms with van der Waals surface area (Å²) in [6.45, 7) is -0.188. The summed E-state index contributed by atoms with van der Waals surface area (Å²) in [6, 6.07) is 1.04. The van der Waals surface area contributed by atoms with Gasteiger partial charge < -0.3 is 15.8 Å². The van der Waals surface area contributed by atoms with Crippen LogP contribution in [0.5, 0.6) is 0 Å². The predicted octanol–water partition coefficient (Wildman–Crippen LogP) is 2.04.